The second-order valence-electron chi connectivity index (χ2n) is 3.84. The van der Waals surface area contributed by atoms with E-state index in [9.17, 15) is 18.0 Å². The van der Waals surface area contributed by atoms with Crippen molar-refractivity contribution in [3.05, 3.63) is 17.2 Å². The molecule has 1 aliphatic rings. The number of alkyl halides is 3. The van der Waals surface area contributed by atoms with Crippen molar-refractivity contribution >= 4 is 6.09 Å². The van der Waals surface area contributed by atoms with Crippen LogP contribution in [-0.4, -0.2) is 32.2 Å². The van der Waals surface area contributed by atoms with Gasteiger partial charge in [-0.25, -0.2) is 9.78 Å². The molecule has 1 N–H and O–H groups in total. The molecule has 8 heteroatoms. The van der Waals surface area contributed by atoms with Crippen LogP contribution >= 0.6 is 0 Å². The molecule has 2 rings (SSSR count). The van der Waals surface area contributed by atoms with Gasteiger partial charge in [0.2, 0.25) is 5.82 Å². The zero-order chi connectivity index (χ0) is 12.8. The number of carboxylic acid groups (broad SMARTS) is 1. The lowest BCUT2D eigenvalue weighted by atomic mass is 10.1. The Bertz CT molecular complexity index is 467. The summed E-state index contributed by atoms with van der Waals surface area (Å²) in [6, 6.07) is 0. The first-order valence-electron chi connectivity index (χ1n) is 4.90. The molecule has 0 aliphatic carbocycles. The molecule has 0 atom stereocenters. The molecule has 1 aromatic heterocycles. The fourth-order valence-electron chi connectivity index (χ4n) is 1.90. The van der Waals surface area contributed by atoms with E-state index >= 15 is 0 Å². The highest BCUT2D eigenvalue weighted by Gasteiger charge is 2.39. The number of imidazole rings is 1. The molecule has 1 aliphatic heterocycles. The number of rotatable bonds is 0. The smallest absolute Gasteiger partial charge is 0.449 e. The van der Waals surface area contributed by atoms with Crippen LogP contribution in [0, 0.1) is 0 Å². The summed E-state index contributed by atoms with van der Waals surface area (Å²) >= 11 is 0. The highest BCUT2D eigenvalue weighted by Crippen LogP contribution is 2.31. The van der Waals surface area contributed by atoms with Crippen LogP contribution in [0.3, 0.4) is 0 Å². The van der Waals surface area contributed by atoms with Crippen LogP contribution in [0.4, 0.5) is 18.0 Å². The number of aromatic nitrogens is 2. The predicted molar refractivity (Wildman–Crippen MR) is 50.3 cm³/mol. The molecule has 1 amide bonds. The molecule has 0 radical (unpaired) electrons. The maximum Gasteiger partial charge on any atom is 0.449 e. The van der Waals surface area contributed by atoms with E-state index < -0.39 is 18.1 Å². The first kappa shape index (κ1) is 11.7. The summed E-state index contributed by atoms with van der Waals surface area (Å²) in [5.74, 6) is -0.977. The lowest BCUT2D eigenvalue weighted by Gasteiger charge is -2.24. The second-order valence-corrected chi connectivity index (χ2v) is 3.84. The average Bonchev–Trinajstić information content (AvgIpc) is 2.55. The highest BCUT2D eigenvalue weighted by atomic mass is 19.4. The van der Waals surface area contributed by atoms with Gasteiger partial charge in [-0.15, -0.1) is 0 Å². The van der Waals surface area contributed by atoms with Crippen LogP contribution in [0.5, 0.6) is 0 Å². The topological polar surface area (TPSA) is 58.4 Å². The van der Waals surface area contributed by atoms with E-state index in [1.807, 2.05) is 0 Å². The number of hydrogen-bond acceptors (Lipinski definition) is 2. The number of hydrogen-bond donors (Lipinski definition) is 1. The third-order valence-electron chi connectivity index (χ3n) is 2.78. The summed E-state index contributed by atoms with van der Waals surface area (Å²) in [5.41, 5.74) is 0.642. The maximum absolute atomic E-state index is 12.6. The summed E-state index contributed by atoms with van der Waals surface area (Å²) in [4.78, 5) is 15.4. The van der Waals surface area contributed by atoms with Gasteiger partial charge in [0, 0.05) is 20.0 Å². The Morgan fingerprint density at radius 1 is 1.47 bits per heavy atom. The van der Waals surface area contributed by atoms with Gasteiger partial charge in [-0.3, -0.25) is 0 Å². The summed E-state index contributed by atoms with van der Waals surface area (Å²) < 4.78 is 38.7. The lowest BCUT2D eigenvalue weighted by molar-refractivity contribution is -0.146. The van der Waals surface area contributed by atoms with Crippen molar-refractivity contribution < 1.29 is 23.1 Å². The van der Waals surface area contributed by atoms with Crippen LogP contribution in [-0.2, 0) is 26.2 Å². The molecule has 0 aromatic carbocycles. The van der Waals surface area contributed by atoms with Crippen LogP contribution in [0.1, 0.15) is 17.2 Å². The quantitative estimate of drug-likeness (QED) is 0.757. The van der Waals surface area contributed by atoms with Crippen molar-refractivity contribution in [3.8, 4) is 0 Å². The minimum absolute atomic E-state index is 0.0513. The molecular formula is C9H10F3N3O2. The Morgan fingerprint density at radius 2 is 2.12 bits per heavy atom. The highest BCUT2D eigenvalue weighted by molar-refractivity contribution is 5.65. The normalized spacial score (nSPS) is 15.9. The molecule has 0 fully saturated rings. The van der Waals surface area contributed by atoms with Crippen LogP contribution in [0.2, 0.25) is 0 Å². The molecular weight excluding hydrogens is 239 g/mol. The molecule has 5 nitrogen and oxygen atoms in total. The summed E-state index contributed by atoms with van der Waals surface area (Å²) in [7, 11) is 1.25. The zero-order valence-corrected chi connectivity index (χ0v) is 8.95. The predicted octanol–water partition coefficient (Wildman–Crippen LogP) is 1.48. The second kappa shape index (κ2) is 3.64. The maximum atomic E-state index is 12.6. The number of halogens is 3. The fourth-order valence-corrected chi connectivity index (χ4v) is 1.90. The van der Waals surface area contributed by atoms with Crippen molar-refractivity contribution in [3.63, 3.8) is 0 Å². The Labute approximate surface area is 94.5 Å². The third-order valence-corrected chi connectivity index (χ3v) is 2.78. The van der Waals surface area contributed by atoms with Gasteiger partial charge < -0.3 is 14.6 Å². The molecule has 0 spiro atoms. The fraction of sp³-hybridized carbons (Fsp3) is 0.556. The van der Waals surface area contributed by atoms with Gasteiger partial charge in [0.15, 0.2) is 0 Å². The van der Waals surface area contributed by atoms with E-state index in [0.29, 0.717) is 11.4 Å². The van der Waals surface area contributed by atoms with E-state index in [1.165, 1.54) is 7.05 Å². The van der Waals surface area contributed by atoms with Gasteiger partial charge in [-0.2, -0.15) is 13.2 Å². The number of nitrogens with zero attached hydrogens (tertiary/aromatic N) is 3. The molecule has 0 bridgehead atoms. The zero-order valence-electron chi connectivity index (χ0n) is 8.95. The van der Waals surface area contributed by atoms with Gasteiger partial charge in [0.1, 0.15) is 0 Å². The van der Waals surface area contributed by atoms with Crippen molar-refractivity contribution in [1.29, 1.82) is 0 Å². The molecule has 1 aromatic rings. The van der Waals surface area contributed by atoms with Crippen molar-refractivity contribution in [1.82, 2.24) is 14.5 Å². The van der Waals surface area contributed by atoms with Gasteiger partial charge in [0.05, 0.1) is 17.9 Å². The Kier molecular flexibility index (Phi) is 2.52. The average molecular weight is 249 g/mol. The van der Waals surface area contributed by atoms with Crippen LogP contribution < -0.4 is 0 Å². The molecule has 17 heavy (non-hydrogen) atoms. The number of amides is 1. The van der Waals surface area contributed by atoms with Gasteiger partial charge in [0.25, 0.3) is 0 Å². The first-order valence-corrected chi connectivity index (χ1v) is 4.90. The largest absolute Gasteiger partial charge is 0.465 e. The summed E-state index contributed by atoms with van der Waals surface area (Å²) in [5, 5.41) is 8.80. The minimum Gasteiger partial charge on any atom is -0.465 e. The third kappa shape index (κ3) is 1.94. The Morgan fingerprint density at radius 3 is 2.65 bits per heavy atom. The molecule has 94 valence electrons. The molecule has 2 heterocycles. The summed E-state index contributed by atoms with van der Waals surface area (Å²) in [6.07, 6.45) is -5.43. The summed E-state index contributed by atoms with van der Waals surface area (Å²) in [6.45, 7) is 0.126. The van der Waals surface area contributed by atoms with Crippen LogP contribution in [0.25, 0.3) is 0 Å². The van der Waals surface area contributed by atoms with E-state index in [2.05, 4.69) is 4.98 Å². The van der Waals surface area contributed by atoms with Crippen molar-refractivity contribution in [2.45, 2.75) is 19.1 Å². The first-order chi connectivity index (χ1) is 7.80. The van der Waals surface area contributed by atoms with Crippen LogP contribution in [0.15, 0.2) is 0 Å². The van der Waals surface area contributed by atoms with E-state index in [-0.39, 0.29) is 19.5 Å². The minimum atomic E-state index is -4.51. The van der Waals surface area contributed by atoms with Crippen molar-refractivity contribution in [2.75, 3.05) is 6.54 Å². The lowest BCUT2D eigenvalue weighted by Crippen LogP contribution is -2.35. The number of fused-ring (bicyclic) bond motifs is 1. The van der Waals surface area contributed by atoms with Gasteiger partial charge in [-0.1, -0.05) is 0 Å². The van der Waals surface area contributed by atoms with E-state index in [0.717, 1.165) is 9.47 Å². The van der Waals surface area contributed by atoms with Gasteiger partial charge in [-0.05, 0) is 0 Å². The Hall–Kier alpha value is -1.73. The van der Waals surface area contributed by atoms with E-state index in [4.69, 9.17) is 5.11 Å². The SMILES string of the molecule is Cn1c(C(F)(F)F)nc2c1CN(C(=O)O)CC2. The molecule has 0 saturated heterocycles. The van der Waals surface area contributed by atoms with Crippen molar-refractivity contribution in [2.24, 2.45) is 7.05 Å². The monoisotopic (exact) mass is 249 g/mol. The standard InChI is InChI=1S/C9H10F3N3O2/c1-14-6-4-15(8(16)17)3-2-5(6)13-7(14)9(10,11)12/h2-4H2,1H3,(H,16,17). The molecule has 0 saturated carbocycles. The van der Waals surface area contributed by atoms with E-state index in [1.54, 1.807) is 0 Å². The Balaban J connectivity index is 2.39. The molecule has 0 unspecified atom stereocenters. The number of carbonyl (C=O) groups is 1. The van der Waals surface area contributed by atoms with Gasteiger partial charge >= 0.3 is 12.3 Å².